The summed E-state index contributed by atoms with van der Waals surface area (Å²) in [5.74, 6) is 0.203. The SMILES string of the molecule is O=C(O)CCCC(=O)N1CCC[C@@H]1C(=O)N1CCC(Nc2nc(NCc3cn(CCCNCCCNC4CCCCC4)nn3)nc3ccccc23)CC1. The quantitative estimate of drug-likeness (QED) is 0.113. The van der Waals surface area contributed by atoms with Crippen molar-refractivity contribution in [2.45, 2.75) is 121 Å². The number of hydrogen-bond acceptors (Lipinski definition) is 11. The predicted molar refractivity (Wildman–Crippen MR) is 203 cm³/mol. The first-order valence-electron chi connectivity index (χ1n) is 19.8. The van der Waals surface area contributed by atoms with Gasteiger partial charge in [0.05, 0.1) is 18.3 Å². The number of fused-ring (bicyclic) bond motifs is 1. The summed E-state index contributed by atoms with van der Waals surface area (Å²) in [6, 6.07) is 8.32. The van der Waals surface area contributed by atoms with Gasteiger partial charge in [0.1, 0.15) is 17.6 Å². The van der Waals surface area contributed by atoms with E-state index in [9.17, 15) is 14.4 Å². The van der Waals surface area contributed by atoms with Crippen molar-refractivity contribution in [3.05, 3.63) is 36.2 Å². The summed E-state index contributed by atoms with van der Waals surface area (Å²) in [5.41, 5.74) is 1.65. The molecule has 3 aliphatic rings. The van der Waals surface area contributed by atoms with E-state index in [2.05, 4.69) is 31.6 Å². The van der Waals surface area contributed by atoms with E-state index in [0.717, 1.165) is 86.7 Å². The van der Waals surface area contributed by atoms with E-state index < -0.39 is 12.0 Å². The molecule has 2 amide bonds. The predicted octanol–water partition coefficient (Wildman–Crippen LogP) is 3.77. The van der Waals surface area contributed by atoms with E-state index in [1.165, 1.54) is 32.1 Å². The molecule has 3 fully saturated rings. The Balaban J connectivity index is 0.933. The number of aliphatic carboxylic acids is 1. The lowest BCUT2D eigenvalue weighted by atomic mass is 9.95. The zero-order valence-electron chi connectivity index (χ0n) is 31.0. The van der Waals surface area contributed by atoms with Gasteiger partial charge in [0.25, 0.3) is 0 Å². The third kappa shape index (κ3) is 11.3. The summed E-state index contributed by atoms with van der Waals surface area (Å²) in [6.07, 6.45) is 14.2. The second kappa shape index (κ2) is 19.6. The van der Waals surface area contributed by atoms with Crippen molar-refractivity contribution in [2.75, 3.05) is 49.9 Å². The number of benzene rings is 1. The van der Waals surface area contributed by atoms with Gasteiger partial charge in [-0.1, -0.05) is 36.6 Å². The lowest BCUT2D eigenvalue weighted by molar-refractivity contribution is -0.144. The van der Waals surface area contributed by atoms with Crippen molar-refractivity contribution in [3.63, 3.8) is 0 Å². The largest absolute Gasteiger partial charge is 0.481 e. The third-order valence-electron chi connectivity index (χ3n) is 10.7. The zero-order chi connectivity index (χ0) is 36.8. The van der Waals surface area contributed by atoms with Crippen LogP contribution in [0.2, 0.25) is 0 Å². The fourth-order valence-corrected chi connectivity index (χ4v) is 7.79. The molecule has 1 aromatic carbocycles. The van der Waals surface area contributed by atoms with Crippen LogP contribution in [0.5, 0.6) is 0 Å². The first-order chi connectivity index (χ1) is 25.9. The highest BCUT2D eigenvalue weighted by atomic mass is 16.4. The fraction of sp³-hybridized carbons (Fsp3) is 0.658. The molecule has 1 saturated carbocycles. The normalized spacial score (nSPS) is 18.5. The van der Waals surface area contributed by atoms with Gasteiger partial charge in [0, 0.05) is 56.5 Å². The average Bonchev–Trinajstić information content (AvgIpc) is 3.86. The summed E-state index contributed by atoms with van der Waals surface area (Å²) in [5, 5.41) is 32.7. The zero-order valence-corrected chi connectivity index (χ0v) is 31.0. The van der Waals surface area contributed by atoms with Crippen LogP contribution in [0.1, 0.15) is 95.6 Å². The third-order valence-corrected chi connectivity index (χ3v) is 10.7. The van der Waals surface area contributed by atoms with Gasteiger partial charge in [-0.3, -0.25) is 19.1 Å². The number of carbonyl (C=O) groups is 3. The van der Waals surface area contributed by atoms with Gasteiger partial charge in [-0.2, -0.15) is 4.98 Å². The van der Waals surface area contributed by atoms with E-state index in [1.54, 1.807) is 4.90 Å². The van der Waals surface area contributed by atoms with Crippen molar-refractivity contribution in [2.24, 2.45) is 0 Å². The van der Waals surface area contributed by atoms with E-state index in [0.29, 0.717) is 38.5 Å². The molecule has 0 bridgehead atoms. The first kappa shape index (κ1) is 38.4. The molecule has 4 heterocycles. The summed E-state index contributed by atoms with van der Waals surface area (Å²) >= 11 is 0. The lowest BCUT2D eigenvalue weighted by Crippen LogP contribution is -2.51. The van der Waals surface area contributed by atoms with Crippen molar-refractivity contribution in [1.29, 1.82) is 0 Å². The molecule has 0 spiro atoms. The molecule has 15 nitrogen and oxygen atoms in total. The minimum Gasteiger partial charge on any atom is -0.481 e. The van der Waals surface area contributed by atoms with Crippen LogP contribution < -0.4 is 21.3 Å². The molecule has 288 valence electrons. The molecular formula is C38H57N11O4. The van der Waals surface area contributed by atoms with Crippen LogP contribution in [0.15, 0.2) is 30.5 Å². The number of piperidine rings is 1. The Hall–Kier alpha value is -4.37. The van der Waals surface area contributed by atoms with E-state index in [-0.39, 0.29) is 37.1 Å². The highest BCUT2D eigenvalue weighted by Crippen LogP contribution is 2.27. The van der Waals surface area contributed by atoms with Crippen molar-refractivity contribution in [1.82, 2.24) is 45.4 Å². The number of likely N-dealkylation sites (tertiary alicyclic amines) is 2. The number of para-hydroxylation sites is 1. The van der Waals surface area contributed by atoms with E-state index in [1.807, 2.05) is 40.0 Å². The number of aryl methyl sites for hydroxylation is 1. The molecule has 3 aromatic rings. The number of carboxylic acids is 1. The second-order valence-electron chi connectivity index (χ2n) is 14.7. The lowest BCUT2D eigenvalue weighted by Gasteiger charge is -2.36. The summed E-state index contributed by atoms with van der Waals surface area (Å²) in [4.78, 5) is 50.3. The molecule has 2 aliphatic heterocycles. The summed E-state index contributed by atoms with van der Waals surface area (Å²) in [6.45, 7) is 6.04. The van der Waals surface area contributed by atoms with Gasteiger partial charge >= 0.3 is 5.97 Å². The van der Waals surface area contributed by atoms with Gasteiger partial charge < -0.3 is 36.2 Å². The Morgan fingerprint density at radius 2 is 1.64 bits per heavy atom. The van der Waals surface area contributed by atoms with Crippen molar-refractivity contribution < 1.29 is 19.5 Å². The Morgan fingerprint density at radius 1 is 0.830 bits per heavy atom. The van der Waals surface area contributed by atoms with Crippen LogP contribution in [0.25, 0.3) is 10.9 Å². The Kier molecular flexibility index (Phi) is 14.2. The number of aromatic nitrogens is 5. The number of amides is 2. The van der Waals surface area contributed by atoms with Crippen LogP contribution >= 0.6 is 0 Å². The number of nitrogens with one attached hydrogen (secondary N) is 4. The molecule has 6 rings (SSSR count). The smallest absolute Gasteiger partial charge is 0.303 e. The summed E-state index contributed by atoms with van der Waals surface area (Å²) < 4.78 is 1.89. The molecule has 15 heteroatoms. The van der Waals surface area contributed by atoms with Crippen LogP contribution in [-0.2, 0) is 27.5 Å². The number of carboxylic acid groups (broad SMARTS) is 1. The van der Waals surface area contributed by atoms with Crippen molar-refractivity contribution in [3.8, 4) is 0 Å². The number of rotatable bonds is 19. The molecule has 0 unspecified atom stereocenters. The number of carbonyl (C=O) groups excluding carboxylic acids is 2. The molecule has 2 aromatic heterocycles. The number of nitrogens with zero attached hydrogens (tertiary/aromatic N) is 7. The molecule has 5 N–H and O–H groups in total. The minimum atomic E-state index is -0.913. The molecule has 2 saturated heterocycles. The highest BCUT2D eigenvalue weighted by molar-refractivity contribution is 5.90. The van der Waals surface area contributed by atoms with Crippen LogP contribution in [0.4, 0.5) is 11.8 Å². The maximum atomic E-state index is 13.5. The molecular weight excluding hydrogens is 674 g/mol. The monoisotopic (exact) mass is 731 g/mol. The van der Waals surface area contributed by atoms with Crippen LogP contribution in [0.3, 0.4) is 0 Å². The summed E-state index contributed by atoms with van der Waals surface area (Å²) in [7, 11) is 0. The van der Waals surface area contributed by atoms with Gasteiger partial charge in [-0.25, -0.2) is 4.98 Å². The molecule has 1 aliphatic carbocycles. The van der Waals surface area contributed by atoms with Gasteiger partial charge in [-0.15, -0.1) is 5.10 Å². The average molecular weight is 732 g/mol. The van der Waals surface area contributed by atoms with Gasteiger partial charge in [-0.05, 0) is 89.6 Å². The number of hydrogen-bond donors (Lipinski definition) is 5. The van der Waals surface area contributed by atoms with Crippen LogP contribution in [-0.4, -0.2) is 115 Å². The van der Waals surface area contributed by atoms with E-state index in [4.69, 9.17) is 15.1 Å². The Bertz CT molecular complexity index is 1640. The maximum Gasteiger partial charge on any atom is 0.303 e. The first-order valence-corrected chi connectivity index (χ1v) is 19.8. The van der Waals surface area contributed by atoms with Crippen molar-refractivity contribution >= 4 is 40.5 Å². The fourth-order valence-electron chi connectivity index (χ4n) is 7.79. The van der Waals surface area contributed by atoms with Gasteiger partial charge in [0.2, 0.25) is 17.8 Å². The molecule has 53 heavy (non-hydrogen) atoms. The minimum absolute atomic E-state index is 0.00638. The molecule has 1 atom stereocenters. The number of anilines is 2. The second-order valence-corrected chi connectivity index (χ2v) is 14.7. The Labute approximate surface area is 312 Å². The van der Waals surface area contributed by atoms with Gasteiger partial charge in [0.15, 0.2) is 0 Å². The topological polar surface area (TPSA) is 183 Å². The van der Waals surface area contributed by atoms with E-state index >= 15 is 0 Å². The maximum absolute atomic E-state index is 13.5. The standard InChI is InChI=1S/C38H57N11O4/c50-34(15-6-16-35(51)52)49-23-7-14-33(49)37(53)47-24-17-29(18-25-47)42-36-31-12-4-5-13-32(31)43-38(44-36)41-26-30-27-48(46-45-30)22-9-20-39-19-8-21-40-28-10-2-1-3-11-28/h4-5,12-13,27-29,33,39-40H,1-3,6-11,14-26H2,(H,51,52)(H2,41,42,43,44)/t33-/m1/s1. The van der Waals surface area contributed by atoms with Crippen LogP contribution in [0, 0.1) is 0 Å². The molecule has 0 radical (unpaired) electrons. The Morgan fingerprint density at radius 3 is 2.47 bits per heavy atom. The highest BCUT2D eigenvalue weighted by Gasteiger charge is 2.37.